The van der Waals surface area contributed by atoms with E-state index in [2.05, 4.69) is 33.8 Å². The van der Waals surface area contributed by atoms with Crippen LogP contribution in [0.15, 0.2) is 22.7 Å². The van der Waals surface area contributed by atoms with E-state index in [1.807, 2.05) is 23.9 Å². The van der Waals surface area contributed by atoms with Crippen molar-refractivity contribution in [2.24, 2.45) is 5.73 Å². The number of nitrogens with two attached hydrogens (primary N) is 1. The molecule has 1 fully saturated rings. The van der Waals surface area contributed by atoms with Crippen LogP contribution in [-0.2, 0) is 0 Å². The van der Waals surface area contributed by atoms with Crippen molar-refractivity contribution in [3.63, 3.8) is 0 Å². The lowest BCUT2D eigenvalue weighted by molar-refractivity contribution is 0.166. The minimum Gasteiger partial charge on any atom is -0.329 e. The SMILES string of the molecule is CC1CSCCN1C(CN)c1ccc(Br)c(Cl)c1. The molecule has 0 radical (unpaired) electrons. The maximum atomic E-state index is 6.18. The molecule has 1 aliphatic heterocycles. The Bertz CT molecular complexity index is 416. The van der Waals surface area contributed by atoms with Crippen molar-refractivity contribution in [3.05, 3.63) is 33.3 Å². The van der Waals surface area contributed by atoms with Crippen molar-refractivity contribution in [3.8, 4) is 0 Å². The van der Waals surface area contributed by atoms with E-state index < -0.39 is 0 Å². The molecule has 1 heterocycles. The lowest BCUT2D eigenvalue weighted by Gasteiger charge is -2.39. The average Bonchev–Trinajstić information content (AvgIpc) is 2.37. The molecular weight excluding hydrogens is 332 g/mol. The van der Waals surface area contributed by atoms with E-state index in [1.165, 1.54) is 17.1 Å². The molecule has 0 saturated carbocycles. The summed E-state index contributed by atoms with van der Waals surface area (Å²) in [6, 6.07) is 6.98. The Morgan fingerprint density at radius 2 is 2.39 bits per heavy atom. The summed E-state index contributed by atoms with van der Waals surface area (Å²) in [7, 11) is 0. The van der Waals surface area contributed by atoms with Gasteiger partial charge in [0.2, 0.25) is 0 Å². The molecule has 1 aromatic rings. The fourth-order valence-electron chi connectivity index (χ4n) is 2.39. The van der Waals surface area contributed by atoms with Gasteiger partial charge in [0.15, 0.2) is 0 Å². The van der Waals surface area contributed by atoms with Gasteiger partial charge in [-0.2, -0.15) is 11.8 Å². The third-order valence-corrected chi connectivity index (χ3v) is 5.79. The summed E-state index contributed by atoms with van der Waals surface area (Å²) < 4.78 is 0.936. The lowest BCUT2D eigenvalue weighted by Crippen LogP contribution is -2.45. The number of nitrogens with zero attached hydrogens (tertiary/aromatic N) is 1. The molecule has 2 nitrogen and oxygen atoms in total. The molecule has 2 atom stereocenters. The molecule has 2 N–H and O–H groups in total. The van der Waals surface area contributed by atoms with Crippen LogP contribution in [0.5, 0.6) is 0 Å². The summed E-state index contributed by atoms with van der Waals surface area (Å²) in [5, 5.41) is 0.755. The van der Waals surface area contributed by atoms with Crippen molar-refractivity contribution >= 4 is 39.3 Å². The summed E-state index contributed by atoms with van der Waals surface area (Å²) in [6.45, 7) is 4.00. The molecule has 0 amide bonds. The largest absolute Gasteiger partial charge is 0.329 e. The first kappa shape index (κ1) is 14.7. The van der Waals surface area contributed by atoms with Crippen LogP contribution in [0.4, 0.5) is 0 Å². The molecular formula is C13H18BrClN2S. The van der Waals surface area contributed by atoms with Crippen molar-refractivity contribution in [2.45, 2.75) is 19.0 Å². The van der Waals surface area contributed by atoms with E-state index in [4.69, 9.17) is 17.3 Å². The smallest absolute Gasteiger partial charge is 0.0551 e. The van der Waals surface area contributed by atoms with Gasteiger partial charge in [-0.25, -0.2) is 0 Å². The topological polar surface area (TPSA) is 29.3 Å². The molecule has 0 bridgehead atoms. The first-order chi connectivity index (χ1) is 8.63. The third-order valence-electron chi connectivity index (χ3n) is 3.37. The van der Waals surface area contributed by atoms with Crippen LogP contribution < -0.4 is 5.73 Å². The summed E-state index contributed by atoms with van der Waals surface area (Å²) >= 11 is 11.6. The predicted molar refractivity (Wildman–Crippen MR) is 84.4 cm³/mol. The second-order valence-electron chi connectivity index (χ2n) is 4.59. The molecule has 5 heteroatoms. The van der Waals surface area contributed by atoms with Crippen LogP contribution in [-0.4, -0.2) is 35.5 Å². The fourth-order valence-corrected chi connectivity index (χ4v) is 3.86. The van der Waals surface area contributed by atoms with Gasteiger partial charge in [0.25, 0.3) is 0 Å². The lowest BCUT2D eigenvalue weighted by atomic mass is 10.0. The summed E-state index contributed by atoms with van der Waals surface area (Å²) in [5.41, 5.74) is 7.20. The standard InChI is InChI=1S/C13H18BrClN2S/c1-9-8-18-5-4-17(9)13(7-16)10-2-3-11(14)12(15)6-10/h2-3,6,9,13H,4-5,7-8,16H2,1H3. The maximum absolute atomic E-state index is 6.18. The summed E-state index contributed by atoms with van der Waals surface area (Å²) in [4.78, 5) is 2.50. The monoisotopic (exact) mass is 348 g/mol. The van der Waals surface area contributed by atoms with Gasteiger partial charge < -0.3 is 5.73 Å². The predicted octanol–water partition coefficient (Wildman–Crippen LogP) is 3.54. The van der Waals surface area contributed by atoms with Crippen molar-refractivity contribution < 1.29 is 0 Å². The number of hydrogen-bond acceptors (Lipinski definition) is 3. The van der Waals surface area contributed by atoms with Crippen molar-refractivity contribution in [1.82, 2.24) is 4.90 Å². The highest BCUT2D eigenvalue weighted by Crippen LogP contribution is 2.31. The van der Waals surface area contributed by atoms with E-state index in [-0.39, 0.29) is 6.04 Å². The Labute approximate surface area is 126 Å². The normalized spacial score (nSPS) is 23.0. The maximum Gasteiger partial charge on any atom is 0.0551 e. The average molecular weight is 350 g/mol. The highest BCUT2D eigenvalue weighted by molar-refractivity contribution is 9.10. The number of thioether (sulfide) groups is 1. The Morgan fingerprint density at radius 3 is 3.00 bits per heavy atom. The first-order valence-corrected chi connectivity index (χ1v) is 8.44. The van der Waals surface area contributed by atoms with Gasteiger partial charge in [-0.15, -0.1) is 0 Å². The van der Waals surface area contributed by atoms with Crippen LogP contribution >= 0.6 is 39.3 Å². The van der Waals surface area contributed by atoms with Crippen molar-refractivity contribution in [1.29, 1.82) is 0 Å². The molecule has 0 aliphatic carbocycles. The highest BCUT2D eigenvalue weighted by Gasteiger charge is 2.26. The van der Waals surface area contributed by atoms with E-state index >= 15 is 0 Å². The number of benzene rings is 1. The van der Waals surface area contributed by atoms with Crippen LogP contribution in [0.3, 0.4) is 0 Å². The van der Waals surface area contributed by atoms with Crippen molar-refractivity contribution in [2.75, 3.05) is 24.6 Å². The van der Waals surface area contributed by atoms with Gasteiger partial charge >= 0.3 is 0 Å². The molecule has 1 aromatic carbocycles. The van der Waals surface area contributed by atoms with Crippen LogP contribution in [0.1, 0.15) is 18.5 Å². The van der Waals surface area contributed by atoms with Gasteiger partial charge in [-0.3, -0.25) is 4.90 Å². The Kier molecular flexibility index (Phi) is 5.39. The molecule has 2 rings (SSSR count). The Balaban J connectivity index is 2.23. The zero-order valence-corrected chi connectivity index (χ0v) is 13.6. The summed E-state index contributed by atoms with van der Waals surface area (Å²) in [5.74, 6) is 2.37. The van der Waals surface area contributed by atoms with Gasteiger partial charge in [0.1, 0.15) is 0 Å². The second-order valence-corrected chi connectivity index (χ2v) is 7.00. The fraction of sp³-hybridized carbons (Fsp3) is 0.538. The van der Waals surface area contributed by atoms with E-state index in [0.29, 0.717) is 12.6 Å². The molecule has 2 unspecified atom stereocenters. The third kappa shape index (κ3) is 3.23. The zero-order chi connectivity index (χ0) is 13.1. The van der Waals surface area contributed by atoms with Crippen LogP contribution in [0, 0.1) is 0 Å². The van der Waals surface area contributed by atoms with E-state index in [9.17, 15) is 0 Å². The van der Waals surface area contributed by atoms with Crippen LogP contribution in [0.2, 0.25) is 5.02 Å². The minimum atomic E-state index is 0.270. The summed E-state index contributed by atoms with van der Waals surface area (Å²) in [6.07, 6.45) is 0. The first-order valence-electron chi connectivity index (χ1n) is 6.12. The number of rotatable bonds is 3. The quantitative estimate of drug-likeness (QED) is 0.905. The molecule has 100 valence electrons. The number of hydrogen-bond donors (Lipinski definition) is 1. The molecule has 1 aliphatic rings. The number of halogens is 2. The zero-order valence-electron chi connectivity index (χ0n) is 10.4. The Hall–Kier alpha value is 0.260. The Morgan fingerprint density at radius 1 is 1.61 bits per heavy atom. The molecule has 1 saturated heterocycles. The minimum absolute atomic E-state index is 0.270. The van der Waals surface area contributed by atoms with E-state index in [1.54, 1.807) is 0 Å². The van der Waals surface area contributed by atoms with Crippen LogP contribution in [0.25, 0.3) is 0 Å². The highest BCUT2D eigenvalue weighted by atomic mass is 79.9. The second kappa shape index (κ2) is 6.62. The van der Waals surface area contributed by atoms with Gasteiger partial charge in [0.05, 0.1) is 5.02 Å². The molecule has 0 spiro atoms. The molecule has 18 heavy (non-hydrogen) atoms. The van der Waals surface area contributed by atoms with Gasteiger partial charge in [-0.1, -0.05) is 17.7 Å². The van der Waals surface area contributed by atoms with Gasteiger partial charge in [0, 0.05) is 41.2 Å². The van der Waals surface area contributed by atoms with Gasteiger partial charge in [-0.05, 0) is 40.5 Å². The molecule has 0 aromatic heterocycles. The van der Waals surface area contributed by atoms with E-state index in [0.717, 1.165) is 16.0 Å².